The van der Waals surface area contributed by atoms with Crippen LogP contribution in [0.25, 0.3) is 0 Å². The minimum Gasteiger partial charge on any atom is -0.508 e. The van der Waals surface area contributed by atoms with Gasteiger partial charge in [0.1, 0.15) is 5.75 Å². The highest BCUT2D eigenvalue weighted by atomic mass is 16.5. The largest absolute Gasteiger partial charge is 0.508 e. The van der Waals surface area contributed by atoms with E-state index in [1.807, 2.05) is 6.92 Å². The Balaban J connectivity index is 2.40. The number of nitrogen functional groups attached to an aromatic ring is 1. The molecule has 0 spiro atoms. The van der Waals surface area contributed by atoms with Crippen molar-refractivity contribution in [1.82, 2.24) is 0 Å². The van der Waals surface area contributed by atoms with Crippen LogP contribution in [0.5, 0.6) is 5.75 Å². The van der Waals surface area contributed by atoms with Gasteiger partial charge in [0.15, 0.2) is 0 Å². The number of rotatable bonds is 6. The molecule has 1 aromatic rings. The third-order valence-corrected chi connectivity index (χ3v) is 2.21. The molecule has 0 atom stereocenters. The van der Waals surface area contributed by atoms with Crippen molar-refractivity contribution >= 4 is 17.3 Å². The van der Waals surface area contributed by atoms with E-state index < -0.39 is 0 Å². The number of hydrogen-bond acceptors (Lipinski definition) is 4. The number of nitrogens with one attached hydrogen (secondary N) is 1. The van der Waals surface area contributed by atoms with E-state index in [0.29, 0.717) is 37.4 Å². The third-order valence-electron chi connectivity index (χ3n) is 2.21. The number of aromatic hydroxyl groups is 1. The molecule has 1 aromatic carbocycles. The lowest BCUT2D eigenvalue weighted by Gasteiger charge is -2.08. The molecule has 1 rings (SSSR count). The van der Waals surface area contributed by atoms with Crippen LogP contribution in [0.3, 0.4) is 0 Å². The number of phenols is 1. The summed E-state index contributed by atoms with van der Waals surface area (Å²) in [5.74, 6) is -0.0288. The molecule has 0 radical (unpaired) electrons. The zero-order valence-corrected chi connectivity index (χ0v) is 9.90. The molecule has 0 unspecified atom stereocenters. The Morgan fingerprint density at radius 1 is 1.53 bits per heavy atom. The molecule has 17 heavy (non-hydrogen) atoms. The highest BCUT2D eigenvalue weighted by Crippen LogP contribution is 2.23. The highest BCUT2D eigenvalue weighted by molar-refractivity contribution is 5.93. The molecular formula is C12H18N2O3. The van der Waals surface area contributed by atoms with Crippen LogP contribution >= 0.6 is 0 Å². The highest BCUT2D eigenvalue weighted by Gasteiger charge is 2.05. The van der Waals surface area contributed by atoms with Crippen molar-refractivity contribution in [3.63, 3.8) is 0 Å². The van der Waals surface area contributed by atoms with Gasteiger partial charge in [-0.3, -0.25) is 4.79 Å². The fourth-order valence-electron chi connectivity index (χ4n) is 1.36. The van der Waals surface area contributed by atoms with Crippen molar-refractivity contribution in [3.05, 3.63) is 18.2 Å². The van der Waals surface area contributed by atoms with Crippen molar-refractivity contribution in [3.8, 4) is 5.75 Å². The van der Waals surface area contributed by atoms with Crippen molar-refractivity contribution in [2.75, 3.05) is 24.3 Å². The van der Waals surface area contributed by atoms with Crippen LogP contribution < -0.4 is 11.1 Å². The Labute approximate surface area is 101 Å². The van der Waals surface area contributed by atoms with E-state index >= 15 is 0 Å². The number of carbonyl (C=O) groups is 1. The second-order valence-corrected chi connectivity index (χ2v) is 3.62. The summed E-state index contributed by atoms with van der Waals surface area (Å²) in [6.07, 6.45) is 1.07. The van der Waals surface area contributed by atoms with Gasteiger partial charge in [0.05, 0.1) is 11.4 Å². The van der Waals surface area contributed by atoms with E-state index in [0.717, 1.165) is 0 Å². The second kappa shape index (κ2) is 6.75. The molecule has 5 heteroatoms. The number of ether oxygens (including phenoxy) is 1. The monoisotopic (exact) mass is 238 g/mol. The van der Waals surface area contributed by atoms with Crippen LogP contribution in [-0.4, -0.2) is 24.2 Å². The molecule has 4 N–H and O–H groups in total. The summed E-state index contributed by atoms with van der Waals surface area (Å²) < 4.78 is 5.14. The lowest BCUT2D eigenvalue weighted by Crippen LogP contribution is -2.13. The van der Waals surface area contributed by atoms with Crippen molar-refractivity contribution < 1.29 is 14.6 Å². The van der Waals surface area contributed by atoms with Crippen LogP contribution in [0.1, 0.15) is 19.8 Å². The second-order valence-electron chi connectivity index (χ2n) is 3.62. The quantitative estimate of drug-likeness (QED) is 0.400. The van der Waals surface area contributed by atoms with Gasteiger partial charge in [-0.15, -0.1) is 0 Å². The molecule has 0 aliphatic heterocycles. The smallest absolute Gasteiger partial charge is 0.224 e. The number of carbonyl (C=O) groups excluding carboxylic acids is 1. The average Bonchev–Trinajstić information content (AvgIpc) is 2.28. The van der Waals surface area contributed by atoms with Gasteiger partial charge in [0.25, 0.3) is 0 Å². The Hall–Kier alpha value is -1.75. The average molecular weight is 238 g/mol. The van der Waals surface area contributed by atoms with Crippen molar-refractivity contribution in [2.45, 2.75) is 19.8 Å². The number of phenolic OH excluding ortho intramolecular Hbond substituents is 1. The number of amides is 1. The third kappa shape index (κ3) is 4.74. The first-order valence-electron chi connectivity index (χ1n) is 5.59. The van der Waals surface area contributed by atoms with E-state index in [2.05, 4.69) is 5.32 Å². The molecule has 0 bridgehead atoms. The van der Waals surface area contributed by atoms with Crippen LogP contribution in [0, 0.1) is 0 Å². The van der Waals surface area contributed by atoms with Crippen LogP contribution in [0.15, 0.2) is 18.2 Å². The van der Waals surface area contributed by atoms with Gasteiger partial charge in [-0.2, -0.15) is 0 Å². The van der Waals surface area contributed by atoms with Gasteiger partial charge in [-0.25, -0.2) is 0 Å². The van der Waals surface area contributed by atoms with Gasteiger partial charge < -0.3 is 20.9 Å². The first kappa shape index (κ1) is 13.3. The first-order valence-corrected chi connectivity index (χ1v) is 5.59. The summed E-state index contributed by atoms with van der Waals surface area (Å²) in [5, 5.41) is 11.8. The zero-order chi connectivity index (χ0) is 12.7. The van der Waals surface area contributed by atoms with E-state index in [1.54, 1.807) is 6.07 Å². The van der Waals surface area contributed by atoms with Crippen LogP contribution in [-0.2, 0) is 9.53 Å². The number of hydrogen-bond donors (Lipinski definition) is 3. The maximum absolute atomic E-state index is 11.5. The van der Waals surface area contributed by atoms with Crippen molar-refractivity contribution in [1.29, 1.82) is 0 Å². The Bertz CT molecular complexity index is 380. The molecule has 0 saturated carbocycles. The first-order chi connectivity index (χ1) is 8.13. The summed E-state index contributed by atoms with van der Waals surface area (Å²) in [5.41, 5.74) is 6.51. The number of benzene rings is 1. The molecule has 94 valence electrons. The topological polar surface area (TPSA) is 84.6 Å². The Morgan fingerprint density at radius 3 is 2.94 bits per heavy atom. The minimum absolute atomic E-state index is 0.0804. The molecule has 0 saturated heterocycles. The fraction of sp³-hybridized carbons (Fsp3) is 0.417. The molecule has 0 aliphatic rings. The summed E-state index contributed by atoms with van der Waals surface area (Å²) in [4.78, 5) is 11.5. The van der Waals surface area contributed by atoms with Crippen LogP contribution in [0.2, 0.25) is 0 Å². The predicted molar refractivity (Wildman–Crippen MR) is 66.9 cm³/mol. The molecule has 0 aromatic heterocycles. The maximum atomic E-state index is 11.5. The van der Waals surface area contributed by atoms with E-state index in [9.17, 15) is 4.79 Å². The Morgan fingerprint density at radius 2 is 2.29 bits per heavy atom. The zero-order valence-electron chi connectivity index (χ0n) is 9.90. The van der Waals surface area contributed by atoms with E-state index in [-0.39, 0.29) is 11.7 Å². The lowest BCUT2D eigenvalue weighted by atomic mass is 10.2. The lowest BCUT2D eigenvalue weighted by molar-refractivity contribution is -0.116. The van der Waals surface area contributed by atoms with Gasteiger partial charge in [0, 0.05) is 25.7 Å². The molecule has 0 fully saturated rings. The molecular weight excluding hydrogens is 220 g/mol. The summed E-state index contributed by atoms with van der Waals surface area (Å²) in [7, 11) is 0. The molecule has 1 amide bonds. The molecule has 0 aliphatic carbocycles. The van der Waals surface area contributed by atoms with Gasteiger partial charge in [0.2, 0.25) is 5.91 Å². The molecule has 5 nitrogen and oxygen atoms in total. The van der Waals surface area contributed by atoms with Crippen LogP contribution in [0.4, 0.5) is 11.4 Å². The summed E-state index contributed by atoms with van der Waals surface area (Å²) in [6, 6.07) is 4.45. The summed E-state index contributed by atoms with van der Waals surface area (Å²) >= 11 is 0. The minimum atomic E-state index is -0.109. The van der Waals surface area contributed by atoms with E-state index in [1.165, 1.54) is 12.1 Å². The maximum Gasteiger partial charge on any atom is 0.224 e. The van der Waals surface area contributed by atoms with Gasteiger partial charge in [-0.05, 0) is 25.5 Å². The van der Waals surface area contributed by atoms with Gasteiger partial charge in [-0.1, -0.05) is 0 Å². The Kier molecular flexibility index (Phi) is 5.29. The van der Waals surface area contributed by atoms with Gasteiger partial charge >= 0.3 is 0 Å². The number of nitrogens with two attached hydrogens (primary N) is 1. The predicted octanol–water partition coefficient (Wildman–Crippen LogP) is 1.73. The fourth-order valence-corrected chi connectivity index (χ4v) is 1.36. The standard InChI is InChI=1S/C12H18N2O3/c1-2-17-7-3-4-12(16)14-11-6-5-9(15)8-10(11)13/h5-6,8,15H,2-4,7,13H2,1H3,(H,14,16). The van der Waals surface area contributed by atoms with Crippen molar-refractivity contribution in [2.24, 2.45) is 0 Å². The number of anilines is 2. The summed E-state index contributed by atoms with van der Waals surface area (Å²) in [6.45, 7) is 3.15. The van der Waals surface area contributed by atoms with E-state index in [4.69, 9.17) is 15.6 Å². The normalized spacial score (nSPS) is 10.2. The SMILES string of the molecule is CCOCCCC(=O)Nc1ccc(O)cc1N. The molecule has 0 heterocycles.